The van der Waals surface area contributed by atoms with Crippen molar-refractivity contribution in [2.24, 2.45) is 0 Å². The molecule has 0 aromatic heterocycles. The minimum atomic E-state index is -1.89. The Balaban J connectivity index is 2.16. The second-order valence-electron chi connectivity index (χ2n) is 5.27. The first kappa shape index (κ1) is 16.3. The number of rotatable bonds is 4. The van der Waals surface area contributed by atoms with E-state index < -0.39 is 30.8 Å². The smallest absolute Gasteiger partial charge is 0.198 e. The van der Waals surface area contributed by atoms with Crippen LogP contribution in [0.5, 0.6) is 5.75 Å². The maximum absolute atomic E-state index is 12.8. The molecule has 7 heteroatoms. The van der Waals surface area contributed by atoms with Crippen molar-refractivity contribution in [3.63, 3.8) is 0 Å². The second-order valence-corrected chi connectivity index (χ2v) is 5.27. The van der Waals surface area contributed by atoms with Crippen LogP contribution in [0.4, 0.5) is 0 Å². The third kappa shape index (κ3) is 2.59. The van der Waals surface area contributed by atoms with E-state index in [1.165, 1.54) is 36.4 Å². The Labute approximate surface area is 136 Å². The number of carbonyl (C=O) groups is 2. The van der Waals surface area contributed by atoms with Gasteiger partial charge in [-0.3, -0.25) is 9.59 Å². The zero-order valence-corrected chi connectivity index (χ0v) is 12.3. The second kappa shape index (κ2) is 6.14. The molecule has 3 rings (SSSR count). The minimum absolute atomic E-state index is 0.0141. The number of fused-ring (bicyclic) bond motifs is 2. The van der Waals surface area contributed by atoms with E-state index in [1.807, 2.05) is 0 Å². The molecule has 0 unspecified atom stereocenters. The van der Waals surface area contributed by atoms with Crippen LogP contribution >= 0.6 is 0 Å². The highest BCUT2D eigenvalue weighted by atomic mass is 16.5. The Morgan fingerprint density at radius 3 is 2.04 bits per heavy atom. The van der Waals surface area contributed by atoms with Crippen LogP contribution in [0.25, 0.3) is 0 Å². The van der Waals surface area contributed by atoms with Crippen molar-refractivity contribution in [3.8, 4) is 5.75 Å². The van der Waals surface area contributed by atoms with Gasteiger partial charge < -0.3 is 25.2 Å². The summed E-state index contributed by atoms with van der Waals surface area (Å²) < 4.78 is 5.21. The van der Waals surface area contributed by atoms with E-state index in [0.29, 0.717) is 0 Å². The summed E-state index contributed by atoms with van der Waals surface area (Å²) in [7, 11) is 0. The fraction of sp³-hybridized carbons (Fsp3) is 0.176. The highest BCUT2D eigenvalue weighted by Gasteiger charge is 2.34. The van der Waals surface area contributed by atoms with E-state index in [9.17, 15) is 19.8 Å². The fourth-order valence-corrected chi connectivity index (χ4v) is 2.74. The fourth-order valence-electron chi connectivity index (χ4n) is 2.74. The summed E-state index contributed by atoms with van der Waals surface area (Å²) in [5.74, 6) is -0.983. The quantitative estimate of drug-likeness (QED) is 0.501. The first-order chi connectivity index (χ1) is 11.4. The van der Waals surface area contributed by atoms with Crippen LogP contribution in [-0.4, -0.2) is 44.9 Å². The third-order valence-electron chi connectivity index (χ3n) is 3.73. The zero-order chi connectivity index (χ0) is 17.4. The molecular weight excluding hydrogens is 316 g/mol. The van der Waals surface area contributed by atoms with E-state index in [-0.39, 0.29) is 33.6 Å². The molecule has 0 atom stereocenters. The van der Waals surface area contributed by atoms with Gasteiger partial charge in [-0.2, -0.15) is 0 Å². The van der Waals surface area contributed by atoms with Gasteiger partial charge in [-0.05, 0) is 6.07 Å². The number of carbonyl (C=O) groups excluding carboxylic acids is 2. The van der Waals surface area contributed by atoms with Gasteiger partial charge >= 0.3 is 0 Å². The number of aliphatic hydroxyl groups is 4. The molecule has 4 N–H and O–H groups in total. The standard InChI is InChI=1S/C17H14O7/c18-12(19)7-24-11-6-2-4-9-14(11)16(21)8-3-1-5-10(17(22)23)13(8)15(9)20/h1-6,12,17-19,22-23H,7H2. The molecular formula is C17H14O7. The van der Waals surface area contributed by atoms with Gasteiger partial charge in [0.05, 0.1) is 5.56 Å². The summed E-state index contributed by atoms with van der Waals surface area (Å²) in [5.41, 5.74) is 0.0161. The van der Waals surface area contributed by atoms with Crippen LogP contribution in [0.3, 0.4) is 0 Å². The highest BCUT2D eigenvalue weighted by Crippen LogP contribution is 2.35. The first-order valence-corrected chi connectivity index (χ1v) is 7.12. The van der Waals surface area contributed by atoms with Gasteiger partial charge in [-0.25, -0.2) is 0 Å². The lowest BCUT2D eigenvalue weighted by atomic mass is 9.81. The molecule has 0 spiro atoms. The SMILES string of the molecule is O=C1c2cccc(C(O)O)c2C(=O)c2cccc(OCC(O)O)c21. The van der Waals surface area contributed by atoms with Crippen LogP contribution in [0, 0.1) is 0 Å². The Morgan fingerprint density at radius 1 is 0.833 bits per heavy atom. The molecule has 0 saturated carbocycles. The molecule has 24 heavy (non-hydrogen) atoms. The topological polar surface area (TPSA) is 124 Å². The molecule has 2 aromatic carbocycles. The van der Waals surface area contributed by atoms with Gasteiger partial charge in [-0.15, -0.1) is 0 Å². The van der Waals surface area contributed by atoms with E-state index in [1.54, 1.807) is 0 Å². The lowest BCUT2D eigenvalue weighted by Gasteiger charge is -2.22. The summed E-state index contributed by atoms with van der Waals surface area (Å²) in [6, 6.07) is 8.60. The molecule has 0 fully saturated rings. The van der Waals surface area contributed by atoms with E-state index in [0.717, 1.165) is 0 Å². The van der Waals surface area contributed by atoms with Gasteiger partial charge in [0.1, 0.15) is 12.4 Å². The first-order valence-electron chi connectivity index (χ1n) is 7.12. The number of benzene rings is 2. The average Bonchev–Trinajstić information content (AvgIpc) is 2.56. The zero-order valence-electron chi connectivity index (χ0n) is 12.3. The molecule has 0 amide bonds. The average molecular weight is 330 g/mol. The summed E-state index contributed by atoms with van der Waals surface area (Å²) in [4.78, 5) is 25.5. The highest BCUT2D eigenvalue weighted by molar-refractivity contribution is 6.29. The number of aliphatic hydroxyl groups excluding tert-OH is 2. The lowest BCUT2D eigenvalue weighted by molar-refractivity contribution is -0.0681. The van der Waals surface area contributed by atoms with Crippen molar-refractivity contribution in [1.82, 2.24) is 0 Å². The van der Waals surface area contributed by atoms with Crippen LogP contribution in [0.1, 0.15) is 43.7 Å². The van der Waals surface area contributed by atoms with E-state index in [4.69, 9.17) is 14.9 Å². The minimum Gasteiger partial charge on any atom is -0.488 e. The summed E-state index contributed by atoms with van der Waals surface area (Å²) in [6.07, 6.45) is -3.61. The maximum atomic E-state index is 12.8. The number of hydrogen-bond donors (Lipinski definition) is 4. The monoisotopic (exact) mass is 330 g/mol. The largest absolute Gasteiger partial charge is 0.488 e. The number of hydrogen-bond acceptors (Lipinski definition) is 7. The molecule has 0 radical (unpaired) electrons. The van der Waals surface area contributed by atoms with Gasteiger partial charge in [0.15, 0.2) is 24.1 Å². The molecule has 0 bridgehead atoms. The normalized spacial score (nSPS) is 13.2. The van der Waals surface area contributed by atoms with Gasteiger partial charge in [0, 0.05) is 22.3 Å². The maximum Gasteiger partial charge on any atom is 0.198 e. The predicted octanol–water partition coefficient (Wildman–Crippen LogP) is 0.135. The van der Waals surface area contributed by atoms with E-state index in [2.05, 4.69) is 0 Å². The molecule has 2 aromatic rings. The van der Waals surface area contributed by atoms with Crippen molar-refractivity contribution in [2.45, 2.75) is 12.6 Å². The van der Waals surface area contributed by atoms with Gasteiger partial charge in [-0.1, -0.05) is 30.3 Å². The summed E-state index contributed by atoms with van der Waals surface area (Å²) >= 11 is 0. The molecule has 124 valence electrons. The molecule has 0 heterocycles. The van der Waals surface area contributed by atoms with Gasteiger partial charge in [0.25, 0.3) is 0 Å². The predicted molar refractivity (Wildman–Crippen MR) is 80.6 cm³/mol. The van der Waals surface area contributed by atoms with Gasteiger partial charge in [0.2, 0.25) is 0 Å². The summed E-state index contributed by atoms with van der Waals surface area (Å²) in [6.45, 7) is -0.458. The molecule has 0 aliphatic heterocycles. The molecule has 7 nitrogen and oxygen atoms in total. The van der Waals surface area contributed by atoms with Crippen LogP contribution in [-0.2, 0) is 0 Å². The molecule has 0 saturated heterocycles. The van der Waals surface area contributed by atoms with Crippen LogP contribution in [0.2, 0.25) is 0 Å². The number of ketones is 2. The third-order valence-corrected chi connectivity index (χ3v) is 3.73. The van der Waals surface area contributed by atoms with Crippen molar-refractivity contribution < 1.29 is 34.8 Å². The molecule has 1 aliphatic rings. The Bertz CT molecular complexity index is 824. The van der Waals surface area contributed by atoms with Crippen LogP contribution < -0.4 is 4.74 Å². The lowest BCUT2D eigenvalue weighted by Crippen LogP contribution is -2.25. The Kier molecular flexibility index (Phi) is 4.16. The van der Waals surface area contributed by atoms with Crippen molar-refractivity contribution in [3.05, 3.63) is 64.2 Å². The van der Waals surface area contributed by atoms with E-state index >= 15 is 0 Å². The Hall–Kier alpha value is -2.58. The van der Waals surface area contributed by atoms with Crippen molar-refractivity contribution in [1.29, 1.82) is 0 Å². The van der Waals surface area contributed by atoms with Crippen molar-refractivity contribution in [2.75, 3.05) is 6.61 Å². The summed E-state index contributed by atoms with van der Waals surface area (Å²) in [5, 5.41) is 36.7. The van der Waals surface area contributed by atoms with Crippen LogP contribution in [0.15, 0.2) is 36.4 Å². The molecule has 1 aliphatic carbocycles. The van der Waals surface area contributed by atoms with Crippen molar-refractivity contribution >= 4 is 11.6 Å². The number of ether oxygens (including phenoxy) is 1. The Morgan fingerprint density at radius 2 is 1.42 bits per heavy atom.